The van der Waals surface area contributed by atoms with Gasteiger partial charge in [-0.2, -0.15) is 0 Å². The first-order chi connectivity index (χ1) is 5.70. The van der Waals surface area contributed by atoms with Gasteiger partial charge in [-0.15, -0.1) is 0 Å². The van der Waals surface area contributed by atoms with E-state index in [-0.39, 0.29) is 6.61 Å². The van der Waals surface area contributed by atoms with Crippen LogP contribution in [0.2, 0.25) is 0 Å². The van der Waals surface area contributed by atoms with Crippen molar-refractivity contribution in [2.24, 2.45) is 0 Å². The monoisotopic (exact) mass is 172 g/mol. The number of carbonyl (C=O) groups is 1. The Morgan fingerprint density at radius 1 is 1.75 bits per heavy atom. The molecule has 0 heterocycles. The summed E-state index contributed by atoms with van der Waals surface area (Å²) in [6, 6.07) is 0. The average molecular weight is 172 g/mol. The van der Waals surface area contributed by atoms with Crippen LogP contribution in [0.5, 0.6) is 0 Å². The summed E-state index contributed by atoms with van der Waals surface area (Å²) in [4.78, 5) is 10.5. The molecule has 0 saturated carbocycles. The standard InChI is InChI=1S/C9H16O3/c1-3-5-6-8(10)7-12-9(11)4-2/h4,8,10H,2-3,5-7H2,1H3. The quantitative estimate of drug-likeness (QED) is 0.484. The Balaban J connectivity index is 3.36. The molecule has 1 N–H and O–H groups in total. The molecule has 3 heteroatoms. The molecule has 1 unspecified atom stereocenters. The highest BCUT2D eigenvalue weighted by Gasteiger charge is 2.05. The fourth-order valence-corrected chi connectivity index (χ4v) is 0.760. The molecule has 0 aliphatic rings. The number of esters is 1. The van der Waals surface area contributed by atoms with Crippen molar-refractivity contribution in [3.63, 3.8) is 0 Å². The van der Waals surface area contributed by atoms with Crippen LogP contribution < -0.4 is 0 Å². The number of hydrogen-bond acceptors (Lipinski definition) is 3. The summed E-state index contributed by atoms with van der Waals surface area (Å²) in [6.45, 7) is 5.36. The summed E-state index contributed by atoms with van der Waals surface area (Å²) in [5, 5.41) is 9.21. The van der Waals surface area contributed by atoms with E-state index in [0.717, 1.165) is 18.9 Å². The van der Waals surface area contributed by atoms with Crippen LogP contribution in [0.25, 0.3) is 0 Å². The lowest BCUT2D eigenvalue weighted by molar-refractivity contribution is -0.140. The molecule has 0 spiro atoms. The van der Waals surface area contributed by atoms with Gasteiger partial charge in [0.1, 0.15) is 6.61 Å². The van der Waals surface area contributed by atoms with Crippen molar-refractivity contribution in [3.8, 4) is 0 Å². The number of ether oxygens (including phenoxy) is 1. The van der Waals surface area contributed by atoms with Crippen molar-refractivity contribution in [2.45, 2.75) is 32.3 Å². The lowest BCUT2D eigenvalue weighted by Gasteiger charge is -2.08. The fourth-order valence-electron chi connectivity index (χ4n) is 0.760. The van der Waals surface area contributed by atoms with E-state index in [1.54, 1.807) is 0 Å². The summed E-state index contributed by atoms with van der Waals surface area (Å²) in [7, 11) is 0. The maximum absolute atomic E-state index is 10.5. The summed E-state index contributed by atoms with van der Waals surface area (Å²) in [5.41, 5.74) is 0. The van der Waals surface area contributed by atoms with Crippen LogP contribution in [-0.4, -0.2) is 23.8 Å². The lowest BCUT2D eigenvalue weighted by atomic mass is 10.2. The molecule has 3 nitrogen and oxygen atoms in total. The molecule has 1 atom stereocenters. The van der Waals surface area contributed by atoms with Gasteiger partial charge in [-0.05, 0) is 6.42 Å². The van der Waals surface area contributed by atoms with E-state index in [4.69, 9.17) is 0 Å². The van der Waals surface area contributed by atoms with Gasteiger partial charge in [-0.1, -0.05) is 26.3 Å². The molecule has 0 amide bonds. The molecule has 0 aliphatic heterocycles. The SMILES string of the molecule is C=CC(=O)OCC(O)CCCC. The van der Waals surface area contributed by atoms with E-state index in [2.05, 4.69) is 11.3 Å². The Morgan fingerprint density at radius 2 is 2.42 bits per heavy atom. The minimum Gasteiger partial charge on any atom is -0.460 e. The summed E-state index contributed by atoms with van der Waals surface area (Å²) >= 11 is 0. The highest BCUT2D eigenvalue weighted by molar-refractivity contribution is 5.81. The Kier molecular flexibility index (Phi) is 6.38. The summed E-state index contributed by atoms with van der Waals surface area (Å²) in [5.74, 6) is -0.481. The van der Waals surface area contributed by atoms with E-state index in [0.29, 0.717) is 6.42 Å². The van der Waals surface area contributed by atoms with Gasteiger partial charge in [0.2, 0.25) is 0 Å². The molecule has 70 valence electrons. The highest BCUT2D eigenvalue weighted by atomic mass is 16.5. The smallest absolute Gasteiger partial charge is 0.330 e. The number of carbonyl (C=O) groups excluding carboxylic acids is 1. The van der Waals surface area contributed by atoms with Crippen LogP contribution >= 0.6 is 0 Å². The molecule has 0 radical (unpaired) electrons. The van der Waals surface area contributed by atoms with Crippen molar-refractivity contribution < 1.29 is 14.6 Å². The number of rotatable bonds is 6. The van der Waals surface area contributed by atoms with Crippen LogP contribution in [-0.2, 0) is 9.53 Å². The van der Waals surface area contributed by atoms with Gasteiger partial charge in [0, 0.05) is 6.08 Å². The second-order valence-corrected chi connectivity index (χ2v) is 2.63. The topological polar surface area (TPSA) is 46.5 Å². The third-order valence-electron chi connectivity index (χ3n) is 1.48. The van der Waals surface area contributed by atoms with E-state index < -0.39 is 12.1 Å². The Morgan fingerprint density at radius 3 is 2.92 bits per heavy atom. The van der Waals surface area contributed by atoms with E-state index in [1.807, 2.05) is 6.92 Å². The predicted octanol–water partition coefficient (Wildman–Crippen LogP) is 1.27. The third kappa shape index (κ3) is 5.92. The van der Waals surface area contributed by atoms with Gasteiger partial charge in [-0.25, -0.2) is 4.79 Å². The Bertz CT molecular complexity index is 143. The molecule has 0 bridgehead atoms. The normalized spacial score (nSPS) is 12.2. The van der Waals surface area contributed by atoms with Crippen LogP contribution in [0.4, 0.5) is 0 Å². The van der Waals surface area contributed by atoms with Crippen molar-refractivity contribution in [2.75, 3.05) is 6.61 Å². The van der Waals surface area contributed by atoms with Gasteiger partial charge in [-0.3, -0.25) is 0 Å². The maximum atomic E-state index is 10.5. The van der Waals surface area contributed by atoms with Crippen molar-refractivity contribution >= 4 is 5.97 Å². The Hall–Kier alpha value is -0.830. The lowest BCUT2D eigenvalue weighted by Crippen LogP contribution is -2.17. The first-order valence-electron chi connectivity index (χ1n) is 4.18. The molecule has 12 heavy (non-hydrogen) atoms. The second-order valence-electron chi connectivity index (χ2n) is 2.63. The van der Waals surface area contributed by atoms with E-state index in [9.17, 15) is 9.90 Å². The minimum absolute atomic E-state index is 0.0743. The molecule has 0 saturated heterocycles. The second kappa shape index (κ2) is 6.85. The first-order valence-corrected chi connectivity index (χ1v) is 4.18. The van der Waals surface area contributed by atoms with Gasteiger partial charge < -0.3 is 9.84 Å². The van der Waals surface area contributed by atoms with Crippen molar-refractivity contribution in [1.82, 2.24) is 0 Å². The third-order valence-corrected chi connectivity index (χ3v) is 1.48. The molecular weight excluding hydrogens is 156 g/mol. The summed E-state index contributed by atoms with van der Waals surface area (Å²) in [6.07, 6.45) is 3.22. The zero-order chi connectivity index (χ0) is 9.40. The van der Waals surface area contributed by atoms with Crippen LogP contribution in [0, 0.1) is 0 Å². The fraction of sp³-hybridized carbons (Fsp3) is 0.667. The Labute approximate surface area is 73.0 Å². The van der Waals surface area contributed by atoms with Crippen molar-refractivity contribution in [1.29, 1.82) is 0 Å². The molecule has 0 aromatic carbocycles. The summed E-state index contributed by atoms with van der Waals surface area (Å²) < 4.78 is 4.64. The molecule has 0 aromatic rings. The van der Waals surface area contributed by atoms with E-state index >= 15 is 0 Å². The first kappa shape index (κ1) is 11.2. The zero-order valence-corrected chi connectivity index (χ0v) is 7.45. The maximum Gasteiger partial charge on any atom is 0.330 e. The predicted molar refractivity (Wildman–Crippen MR) is 46.7 cm³/mol. The highest BCUT2D eigenvalue weighted by Crippen LogP contribution is 2.00. The molecule has 0 aliphatic carbocycles. The van der Waals surface area contributed by atoms with Crippen LogP contribution in [0.15, 0.2) is 12.7 Å². The largest absolute Gasteiger partial charge is 0.460 e. The number of hydrogen-bond donors (Lipinski definition) is 1. The number of aliphatic hydroxyl groups is 1. The minimum atomic E-state index is -0.533. The van der Waals surface area contributed by atoms with Gasteiger partial charge in [0.05, 0.1) is 6.10 Å². The number of aliphatic hydroxyl groups excluding tert-OH is 1. The molecule has 0 fully saturated rings. The molecule has 0 aromatic heterocycles. The van der Waals surface area contributed by atoms with E-state index in [1.165, 1.54) is 0 Å². The van der Waals surface area contributed by atoms with Crippen LogP contribution in [0.1, 0.15) is 26.2 Å². The van der Waals surface area contributed by atoms with Gasteiger partial charge in [0.25, 0.3) is 0 Å². The van der Waals surface area contributed by atoms with Crippen LogP contribution in [0.3, 0.4) is 0 Å². The molecular formula is C9H16O3. The molecule has 0 rings (SSSR count). The van der Waals surface area contributed by atoms with Gasteiger partial charge >= 0.3 is 5.97 Å². The van der Waals surface area contributed by atoms with Crippen molar-refractivity contribution in [3.05, 3.63) is 12.7 Å². The zero-order valence-electron chi connectivity index (χ0n) is 7.45. The average Bonchev–Trinajstić information content (AvgIpc) is 2.10. The number of unbranched alkanes of at least 4 members (excludes halogenated alkanes) is 1. The van der Waals surface area contributed by atoms with Gasteiger partial charge in [0.15, 0.2) is 0 Å².